The number of amides is 1. The predicted octanol–water partition coefficient (Wildman–Crippen LogP) is 1.68. The van der Waals surface area contributed by atoms with Gasteiger partial charge in [0.15, 0.2) is 0 Å². The molecule has 0 aliphatic carbocycles. The number of carbonyl (C=O) groups is 1. The number of pyridine rings is 2. The lowest BCUT2D eigenvalue weighted by atomic mass is 10.2. The van der Waals surface area contributed by atoms with Crippen molar-refractivity contribution in [2.75, 3.05) is 12.3 Å². The van der Waals surface area contributed by atoms with Gasteiger partial charge in [-0.2, -0.15) is 0 Å². The maximum atomic E-state index is 11.9. The monoisotopic (exact) mass is 276 g/mol. The smallest absolute Gasteiger partial charge is 0.251 e. The molecular formula is C13H13ClN4O. The van der Waals surface area contributed by atoms with Crippen molar-refractivity contribution in [3.8, 4) is 0 Å². The van der Waals surface area contributed by atoms with Gasteiger partial charge in [0, 0.05) is 24.5 Å². The summed E-state index contributed by atoms with van der Waals surface area (Å²) in [5.41, 5.74) is 7.06. The van der Waals surface area contributed by atoms with Gasteiger partial charge in [-0.15, -0.1) is 0 Å². The summed E-state index contributed by atoms with van der Waals surface area (Å²) in [5, 5.41) is 3.01. The summed E-state index contributed by atoms with van der Waals surface area (Å²) < 4.78 is 0. The van der Waals surface area contributed by atoms with E-state index in [1.54, 1.807) is 12.4 Å². The van der Waals surface area contributed by atoms with Crippen LogP contribution in [0.3, 0.4) is 0 Å². The van der Waals surface area contributed by atoms with Crippen molar-refractivity contribution < 1.29 is 4.79 Å². The van der Waals surface area contributed by atoms with Crippen LogP contribution in [0, 0.1) is 0 Å². The summed E-state index contributed by atoms with van der Waals surface area (Å²) in [6.45, 7) is 0.530. The van der Waals surface area contributed by atoms with Crippen LogP contribution in [0.25, 0.3) is 0 Å². The largest absolute Gasteiger partial charge is 0.384 e. The van der Waals surface area contributed by atoms with E-state index in [0.717, 1.165) is 12.0 Å². The van der Waals surface area contributed by atoms with Crippen LogP contribution < -0.4 is 11.1 Å². The van der Waals surface area contributed by atoms with Crippen LogP contribution in [-0.4, -0.2) is 22.4 Å². The molecule has 2 aromatic heterocycles. The molecule has 19 heavy (non-hydrogen) atoms. The van der Waals surface area contributed by atoms with Crippen molar-refractivity contribution in [1.82, 2.24) is 15.3 Å². The normalized spacial score (nSPS) is 10.2. The number of carbonyl (C=O) groups excluding carboxylic acids is 1. The summed E-state index contributed by atoms with van der Waals surface area (Å²) in [6.07, 6.45) is 4.18. The summed E-state index contributed by atoms with van der Waals surface area (Å²) in [6, 6.07) is 6.80. The van der Waals surface area contributed by atoms with Crippen molar-refractivity contribution in [1.29, 1.82) is 0 Å². The molecule has 0 aromatic carbocycles. The second-order valence-electron chi connectivity index (χ2n) is 3.96. The molecule has 0 fully saturated rings. The molecule has 0 spiro atoms. The van der Waals surface area contributed by atoms with E-state index in [1.165, 1.54) is 12.1 Å². The highest BCUT2D eigenvalue weighted by atomic mass is 35.5. The summed E-state index contributed by atoms with van der Waals surface area (Å²) in [7, 11) is 0. The Morgan fingerprint density at radius 1 is 1.32 bits per heavy atom. The Kier molecular flexibility index (Phi) is 4.30. The fourth-order valence-electron chi connectivity index (χ4n) is 1.62. The van der Waals surface area contributed by atoms with Crippen LogP contribution in [0.2, 0.25) is 5.15 Å². The second-order valence-corrected chi connectivity index (χ2v) is 4.35. The van der Waals surface area contributed by atoms with Gasteiger partial charge in [0.2, 0.25) is 0 Å². The number of hydrogen-bond acceptors (Lipinski definition) is 4. The number of halogens is 1. The van der Waals surface area contributed by atoms with Crippen LogP contribution in [0.15, 0.2) is 36.7 Å². The highest BCUT2D eigenvalue weighted by Gasteiger charge is 2.07. The van der Waals surface area contributed by atoms with Gasteiger partial charge in [-0.1, -0.05) is 11.6 Å². The number of rotatable bonds is 4. The third kappa shape index (κ3) is 3.93. The molecule has 0 saturated heterocycles. The zero-order valence-electron chi connectivity index (χ0n) is 10.1. The van der Waals surface area contributed by atoms with Crippen LogP contribution >= 0.6 is 11.6 Å². The number of nitrogen functional groups attached to an aromatic ring is 1. The molecule has 0 aliphatic heterocycles. The third-order valence-electron chi connectivity index (χ3n) is 2.52. The number of nitrogens with two attached hydrogens (primary N) is 1. The van der Waals surface area contributed by atoms with Crippen molar-refractivity contribution >= 4 is 23.3 Å². The highest BCUT2D eigenvalue weighted by Crippen LogP contribution is 2.11. The average Bonchev–Trinajstić information content (AvgIpc) is 2.38. The van der Waals surface area contributed by atoms with Gasteiger partial charge < -0.3 is 11.1 Å². The lowest BCUT2D eigenvalue weighted by Crippen LogP contribution is -2.25. The van der Waals surface area contributed by atoms with Crippen molar-refractivity contribution in [3.05, 3.63) is 52.9 Å². The first kappa shape index (κ1) is 13.3. The first-order valence-corrected chi connectivity index (χ1v) is 6.13. The summed E-state index contributed by atoms with van der Waals surface area (Å²) in [5.74, 6) is 0.0110. The average molecular weight is 277 g/mol. The topological polar surface area (TPSA) is 80.9 Å². The minimum Gasteiger partial charge on any atom is -0.384 e. The van der Waals surface area contributed by atoms with E-state index in [9.17, 15) is 4.79 Å². The van der Waals surface area contributed by atoms with Crippen LogP contribution in [0.4, 0.5) is 5.82 Å². The molecule has 0 radical (unpaired) electrons. The minimum atomic E-state index is -0.218. The predicted molar refractivity (Wildman–Crippen MR) is 73.9 cm³/mol. The minimum absolute atomic E-state index is 0.208. The molecule has 3 N–H and O–H groups in total. The van der Waals surface area contributed by atoms with Gasteiger partial charge in [0.25, 0.3) is 5.91 Å². The zero-order valence-corrected chi connectivity index (χ0v) is 10.9. The quantitative estimate of drug-likeness (QED) is 0.833. The zero-order chi connectivity index (χ0) is 13.7. The van der Waals surface area contributed by atoms with Crippen LogP contribution in [0.5, 0.6) is 0 Å². The van der Waals surface area contributed by atoms with Crippen molar-refractivity contribution in [3.63, 3.8) is 0 Å². The molecular weight excluding hydrogens is 264 g/mol. The molecule has 5 nitrogen and oxygen atoms in total. The van der Waals surface area contributed by atoms with E-state index < -0.39 is 0 Å². The summed E-state index contributed by atoms with van der Waals surface area (Å²) >= 11 is 5.75. The Morgan fingerprint density at radius 3 is 2.74 bits per heavy atom. The highest BCUT2D eigenvalue weighted by molar-refractivity contribution is 6.29. The van der Waals surface area contributed by atoms with E-state index in [0.29, 0.717) is 12.1 Å². The molecule has 0 atom stereocenters. The lowest BCUT2D eigenvalue weighted by molar-refractivity contribution is 0.0954. The van der Waals surface area contributed by atoms with Gasteiger partial charge >= 0.3 is 0 Å². The van der Waals surface area contributed by atoms with E-state index in [4.69, 9.17) is 17.3 Å². The number of nitrogens with one attached hydrogen (secondary N) is 1. The molecule has 2 heterocycles. The Bertz CT molecular complexity index is 554. The first-order valence-electron chi connectivity index (χ1n) is 5.75. The van der Waals surface area contributed by atoms with Gasteiger partial charge in [0.05, 0.1) is 0 Å². The number of anilines is 1. The van der Waals surface area contributed by atoms with Crippen LogP contribution in [0.1, 0.15) is 15.9 Å². The molecule has 6 heteroatoms. The Morgan fingerprint density at radius 2 is 2.05 bits per heavy atom. The Hall–Kier alpha value is -2.14. The molecule has 0 bridgehead atoms. The molecule has 0 unspecified atom stereocenters. The van der Waals surface area contributed by atoms with E-state index >= 15 is 0 Å². The van der Waals surface area contributed by atoms with E-state index in [-0.39, 0.29) is 16.9 Å². The van der Waals surface area contributed by atoms with Gasteiger partial charge in [-0.05, 0) is 36.2 Å². The number of aromatic nitrogens is 2. The van der Waals surface area contributed by atoms with Crippen molar-refractivity contribution in [2.45, 2.75) is 6.42 Å². The SMILES string of the molecule is Nc1cc(C(=O)NCCc2ccncc2)cc(Cl)n1. The molecule has 1 amide bonds. The molecule has 0 saturated carbocycles. The van der Waals surface area contributed by atoms with E-state index in [1.807, 2.05) is 12.1 Å². The fourth-order valence-corrected chi connectivity index (χ4v) is 1.84. The first-order chi connectivity index (χ1) is 9.15. The maximum absolute atomic E-state index is 11.9. The van der Waals surface area contributed by atoms with Gasteiger partial charge in [0.1, 0.15) is 11.0 Å². The summed E-state index contributed by atoms with van der Waals surface area (Å²) in [4.78, 5) is 19.6. The lowest BCUT2D eigenvalue weighted by Gasteiger charge is -2.06. The fraction of sp³-hybridized carbons (Fsp3) is 0.154. The molecule has 2 rings (SSSR count). The van der Waals surface area contributed by atoms with Gasteiger partial charge in [-0.25, -0.2) is 4.98 Å². The van der Waals surface area contributed by atoms with Gasteiger partial charge in [-0.3, -0.25) is 9.78 Å². The maximum Gasteiger partial charge on any atom is 0.251 e. The third-order valence-corrected chi connectivity index (χ3v) is 2.72. The number of hydrogen-bond donors (Lipinski definition) is 2. The molecule has 98 valence electrons. The van der Waals surface area contributed by atoms with Crippen LogP contribution in [-0.2, 0) is 6.42 Å². The second kappa shape index (κ2) is 6.15. The Labute approximate surface area is 115 Å². The standard InChI is InChI=1S/C13H13ClN4O/c14-11-7-10(8-12(15)18-11)13(19)17-6-3-9-1-4-16-5-2-9/h1-2,4-5,7-8H,3,6H2,(H2,15,18)(H,17,19). The van der Waals surface area contributed by atoms with E-state index in [2.05, 4.69) is 15.3 Å². The molecule has 0 aliphatic rings. The Balaban J connectivity index is 1.91. The molecule has 2 aromatic rings. The van der Waals surface area contributed by atoms with Crippen molar-refractivity contribution in [2.24, 2.45) is 0 Å². The number of nitrogens with zero attached hydrogens (tertiary/aromatic N) is 2.